The average Bonchev–Trinajstić information content (AvgIpc) is 2.47. The summed E-state index contributed by atoms with van der Waals surface area (Å²) in [7, 11) is 1.53. The molecule has 2 amide bonds. The number of amides is 2. The molecule has 0 radical (unpaired) electrons. The fourth-order valence-electron chi connectivity index (χ4n) is 2.65. The van der Waals surface area contributed by atoms with E-state index in [2.05, 4.69) is 10.6 Å². The molecule has 0 saturated heterocycles. The first-order valence-electron chi connectivity index (χ1n) is 7.36. The van der Waals surface area contributed by atoms with Gasteiger partial charge < -0.3 is 15.4 Å². The average molecular weight is 290 g/mol. The van der Waals surface area contributed by atoms with Crippen LogP contribution >= 0.6 is 0 Å². The molecule has 0 heterocycles. The molecule has 0 atom stereocenters. The third-order valence-electron chi connectivity index (χ3n) is 3.71. The number of ether oxygens (including phenoxy) is 1. The van der Waals surface area contributed by atoms with Crippen molar-refractivity contribution in [2.45, 2.75) is 45.1 Å². The van der Waals surface area contributed by atoms with Gasteiger partial charge in [-0.2, -0.15) is 0 Å². The molecule has 1 fully saturated rings. The summed E-state index contributed by atoms with van der Waals surface area (Å²) in [6.07, 6.45) is 5.68. The standard InChI is InChI=1S/C16H22N2O3/c1-11(19)17-14-10-12(8-9-15(14)21-2)16(20)18-13-6-4-3-5-7-13/h8-10,13H,3-7H2,1-2H3,(H,17,19)(H,18,20). The number of rotatable bonds is 4. The van der Waals surface area contributed by atoms with Crippen molar-refractivity contribution in [3.63, 3.8) is 0 Å². The molecular formula is C16H22N2O3. The summed E-state index contributed by atoms with van der Waals surface area (Å²) in [5.74, 6) is 0.244. The highest BCUT2D eigenvalue weighted by Gasteiger charge is 2.17. The number of carbonyl (C=O) groups excluding carboxylic acids is 2. The topological polar surface area (TPSA) is 67.4 Å². The monoisotopic (exact) mass is 290 g/mol. The third kappa shape index (κ3) is 4.21. The van der Waals surface area contributed by atoms with E-state index >= 15 is 0 Å². The molecule has 0 bridgehead atoms. The molecule has 5 nitrogen and oxygen atoms in total. The first kappa shape index (κ1) is 15.4. The lowest BCUT2D eigenvalue weighted by atomic mass is 9.95. The largest absolute Gasteiger partial charge is 0.495 e. The van der Waals surface area contributed by atoms with Crippen molar-refractivity contribution < 1.29 is 14.3 Å². The quantitative estimate of drug-likeness (QED) is 0.896. The van der Waals surface area contributed by atoms with Crippen LogP contribution in [0.3, 0.4) is 0 Å². The van der Waals surface area contributed by atoms with E-state index in [0.717, 1.165) is 12.8 Å². The summed E-state index contributed by atoms with van der Waals surface area (Å²) in [6.45, 7) is 1.42. The summed E-state index contributed by atoms with van der Waals surface area (Å²) in [5.41, 5.74) is 1.05. The predicted octanol–water partition coefficient (Wildman–Crippen LogP) is 2.72. The van der Waals surface area contributed by atoms with E-state index < -0.39 is 0 Å². The summed E-state index contributed by atoms with van der Waals surface area (Å²) >= 11 is 0. The van der Waals surface area contributed by atoms with Crippen LogP contribution in [0.2, 0.25) is 0 Å². The van der Waals surface area contributed by atoms with E-state index in [9.17, 15) is 9.59 Å². The Morgan fingerprint density at radius 3 is 2.52 bits per heavy atom. The fraction of sp³-hybridized carbons (Fsp3) is 0.500. The minimum Gasteiger partial charge on any atom is -0.495 e. The third-order valence-corrected chi connectivity index (χ3v) is 3.71. The minimum absolute atomic E-state index is 0.101. The first-order chi connectivity index (χ1) is 10.1. The van der Waals surface area contributed by atoms with E-state index in [1.54, 1.807) is 18.2 Å². The van der Waals surface area contributed by atoms with Gasteiger partial charge in [0.15, 0.2) is 0 Å². The Kier molecular flexibility index (Phi) is 5.20. The van der Waals surface area contributed by atoms with Gasteiger partial charge in [-0.05, 0) is 31.0 Å². The van der Waals surface area contributed by atoms with Gasteiger partial charge in [-0.3, -0.25) is 9.59 Å². The van der Waals surface area contributed by atoms with Crippen molar-refractivity contribution in [3.05, 3.63) is 23.8 Å². The zero-order valence-electron chi connectivity index (χ0n) is 12.6. The van der Waals surface area contributed by atoms with Crippen LogP contribution in [-0.2, 0) is 4.79 Å². The molecule has 0 aromatic heterocycles. The van der Waals surface area contributed by atoms with Crippen LogP contribution < -0.4 is 15.4 Å². The Morgan fingerprint density at radius 1 is 1.19 bits per heavy atom. The maximum Gasteiger partial charge on any atom is 0.251 e. The van der Waals surface area contributed by atoms with Gasteiger partial charge in [0.25, 0.3) is 5.91 Å². The van der Waals surface area contributed by atoms with Crippen LogP contribution in [0.15, 0.2) is 18.2 Å². The molecule has 1 aromatic rings. The molecule has 0 unspecified atom stereocenters. The second-order valence-corrected chi connectivity index (χ2v) is 5.40. The number of benzene rings is 1. The van der Waals surface area contributed by atoms with Crippen molar-refractivity contribution in [1.82, 2.24) is 5.32 Å². The van der Waals surface area contributed by atoms with Gasteiger partial charge in [-0.1, -0.05) is 19.3 Å². The Labute approximate surface area is 125 Å². The molecule has 1 aromatic carbocycles. The first-order valence-corrected chi connectivity index (χ1v) is 7.36. The molecule has 114 valence electrons. The zero-order chi connectivity index (χ0) is 15.2. The van der Waals surface area contributed by atoms with Gasteiger partial charge in [0.2, 0.25) is 5.91 Å². The summed E-state index contributed by atoms with van der Waals surface area (Å²) in [5, 5.41) is 5.74. The molecule has 2 N–H and O–H groups in total. The molecule has 1 saturated carbocycles. The number of carbonyl (C=O) groups is 2. The maximum absolute atomic E-state index is 12.3. The van der Waals surface area contributed by atoms with Crippen LogP contribution in [0.4, 0.5) is 5.69 Å². The minimum atomic E-state index is -0.196. The van der Waals surface area contributed by atoms with Crippen molar-refractivity contribution >= 4 is 17.5 Å². The summed E-state index contributed by atoms with van der Waals surface area (Å²) in [6, 6.07) is 5.32. The fourth-order valence-corrected chi connectivity index (χ4v) is 2.65. The Morgan fingerprint density at radius 2 is 1.90 bits per heavy atom. The molecule has 5 heteroatoms. The van der Waals surface area contributed by atoms with Gasteiger partial charge in [0, 0.05) is 18.5 Å². The summed E-state index contributed by atoms with van der Waals surface area (Å²) < 4.78 is 5.18. The van der Waals surface area contributed by atoms with Crippen LogP contribution in [0.5, 0.6) is 5.75 Å². The normalized spacial score (nSPS) is 15.3. The Hall–Kier alpha value is -2.04. The van der Waals surface area contributed by atoms with E-state index in [1.807, 2.05) is 0 Å². The van der Waals surface area contributed by atoms with Gasteiger partial charge in [-0.25, -0.2) is 0 Å². The van der Waals surface area contributed by atoms with Crippen molar-refractivity contribution in [2.24, 2.45) is 0 Å². The SMILES string of the molecule is COc1ccc(C(=O)NC2CCCCC2)cc1NC(C)=O. The smallest absolute Gasteiger partial charge is 0.251 e. The van der Waals surface area contributed by atoms with Crippen LogP contribution in [0, 0.1) is 0 Å². The predicted molar refractivity (Wildman–Crippen MR) is 81.6 cm³/mol. The Balaban J connectivity index is 2.10. The van der Waals surface area contributed by atoms with Gasteiger partial charge in [0.1, 0.15) is 5.75 Å². The maximum atomic E-state index is 12.3. The zero-order valence-corrected chi connectivity index (χ0v) is 12.6. The van der Waals surface area contributed by atoms with E-state index in [1.165, 1.54) is 33.3 Å². The van der Waals surface area contributed by atoms with Crippen LogP contribution in [0.1, 0.15) is 49.4 Å². The molecule has 0 spiro atoms. The lowest BCUT2D eigenvalue weighted by Crippen LogP contribution is -2.36. The number of anilines is 1. The number of hydrogen-bond donors (Lipinski definition) is 2. The highest BCUT2D eigenvalue weighted by Crippen LogP contribution is 2.26. The lowest BCUT2D eigenvalue weighted by Gasteiger charge is -2.23. The molecule has 21 heavy (non-hydrogen) atoms. The van der Waals surface area contributed by atoms with Crippen molar-refractivity contribution in [3.8, 4) is 5.75 Å². The molecule has 1 aliphatic carbocycles. The highest BCUT2D eigenvalue weighted by molar-refractivity contribution is 5.98. The second-order valence-electron chi connectivity index (χ2n) is 5.40. The van der Waals surface area contributed by atoms with E-state index in [-0.39, 0.29) is 17.9 Å². The van der Waals surface area contributed by atoms with Crippen LogP contribution in [0.25, 0.3) is 0 Å². The molecule has 0 aliphatic heterocycles. The van der Waals surface area contributed by atoms with E-state index in [0.29, 0.717) is 17.0 Å². The van der Waals surface area contributed by atoms with Crippen LogP contribution in [-0.4, -0.2) is 25.0 Å². The summed E-state index contributed by atoms with van der Waals surface area (Å²) in [4.78, 5) is 23.5. The van der Waals surface area contributed by atoms with E-state index in [4.69, 9.17) is 4.74 Å². The molecular weight excluding hydrogens is 268 g/mol. The highest BCUT2D eigenvalue weighted by atomic mass is 16.5. The van der Waals surface area contributed by atoms with Gasteiger partial charge in [0.05, 0.1) is 12.8 Å². The number of hydrogen-bond acceptors (Lipinski definition) is 3. The molecule has 1 aliphatic rings. The Bertz CT molecular complexity index is 522. The van der Waals surface area contributed by atoms with Crippen molar-refractivity contribution in [1.29, 1.82) is 0 Å². The van der Waals surface area contributed by atoms with Crippen molar-refractivity contribution in [2.75, 3.05) is 12.4 Å². The number of nitrogens with one attached hydrogen (secondary N) is 2. The number of methoxy groups -OCH3 is 1. The molecule has 2 rings (SSSR count). The second kappa shape index (κ2) is 7.11. The lowest BCUT2D eigenvalue weighted by molar-refractivity contribution is -0.114. The van der Waals surface area contributed by atoms with Gasteiger partial charge >= 0.3 is 0 Å². The van der Waals surface area contributed by atoms with Gasteiger partial charge in [-0.15, -0.1) is 0 Å².